The van der Waals surface area contributed by atoms with Crippen LogP contribution in [-0.2, 0) is 25.6 Å². The predicted molar refractivity (Wildman–Crippen MR) is 143 cm³/mol. The van der Waals surface area contributed by atoms with Gasteiger partial charge in [0.2, 0.25) is 5.91 Å². The molecule has 0 bridgehead atoms. The van der Waals surface area contributed by atoms with Gasteiger partial charge in [-0.15, -0.1) is 0 Å². The minimum Gasteiger partial charge on any atom is -0.507 e. The van der Waals surface area contributed by atoms with Crippen LogP contribution >= 0.6 is 0 Å². The van der Waals surface area contributed by atoms with E-state index in [0.29, 0.717) is 11.1 Å². The Labute approximate surface area is 230 Å². The standard InChI is InChI=1S/C30H30N2O8/c1-4-13-8-10-14(11-9-13)12-16-15-6-5-7-17(33)18(15)24(34)20-19(16)25(35)22-23(32(2)3)26(36)21(29(31)39)28(38)30(22,40)27(20)37/h5-12,19-23,25,33,35,40H,4H2,1-3H3,(H2,31,39)/t19-,20?,21?,22-,23+,25+,30+/m1/s1. The number of phenolic OH excluding ortho intramolecular Hbond substituents is 1. The molecule has 5 N–H and O–H groups in total. The summed E-state index contributed by atoms with van der Waals surface area (Å²) in [6.45, 7) is 2.01. The van der Waals surface area contributed by atoms with E-state index >= 15 is 0 Å². The van der Waals surface area contributed by atoms with E-state index in [9.17, 15) is 39.3 Å². The van der Waals surface area contributed by atoms with E-state index in [1.807, 2.05) is 31.2 Å². The van der Waals surface area contributed by atoms with Crippen molar-refractivity contribution < 1.29 is 39.3 Å². The van der Waals surface area contributed by atoms with Crippen molar-refractivity contribution in [3.8, 4) is 5.75 Å². The number of fused-ring (bicyclic) bond motifs is 3. The number of nitrogens with two attached hydrogens (primary N) is 1. The molecule has 5 rings (SSSR count). The molecule has 10 heteroatoms. The van der Waals surface area contributed by atoms with Gasteiger partial charge in [-0.2, -0.15) is 0 Å². The summed E-state index contributed by atoms with van der Waals surface area (Å²) in [6.07, 6.45) is 0.745. The number of hydrogen-bond acceptors (Lipinski definition) is 9. The molecule has 0 saturated heterocycles. The molecule has 2 saturated carbocycles. The molecule has 0 heterocycles. The molecule has 0 radical (unpaired) electrons. The highest BCUT2D eigenvalue weighted by atomic mass is 16.3. The summed E-state index contributed by atoms with van der Waals surface area (Å²) in [7, 11) is 2.90. The van der Waals surface area contributed by atoms with Gasteiger partial charge in [-0.05, 0) is 48.8 Å². The number of likely N-dealkylation sites (N-methyl/N-ethyl adjacent to an activating group) is 1. The number of ketones is 4. The third-order valence-electron chi connectivity index (χ3n) is 8.58. The fourth-order valence-electron chi connectivity index (χ4n) is 6.70. The molecule has 2 unspecified atom stereocenters. The smallest absolute Gasteiger partial charge is 0.235 e. The van der Waals surface area contributed by atoms with E-state index in [1.165, 1.54) is 31.1 Å². The van der Waals surface area contributed by atoms with E-state index in [4.69, 9.17) is 5.73 Å². The highest BCUT2D eigenvalue weighted by Crippen LogP contribution is 2.54. The van der Waals surface area contributed by atoms with Crippen LogP contribution in [0, 0.1) is 23.7 Å². The number of nitrogens with zero attached hydrogens (tertiary/aromatic N) is 1. The van der Waals surface area contributed by atoms with Crippen LogP contribution in [0.5, 0.6) is 5.75 Å². The van der Waals surface area contributed by atoms with Crippen molar-refractivity contribution in [1.82, 2.24) is 4.90 Å². The number of carbonyl (C=O) groups is 5. The Morgan fingerprint density at radius 3 is 2.27 bits per heavy atom. The molecule has 0 aliphatic heterocycles. The van der Waals surface area contributed by atoms with Crippen LogP contribution in [0.3, 0.4) is 0 Å². The minimum atomic E-state index is -3.05. The van der Waals surface area contributed by atoms with Crippen molar-refractivity contribution in [2.75, 3.05) is 14.1 Å². The first-order valence-corrected chi connectivity index (χ1v) is 13.0. The molecule has 7 atom stereocenters. The van der Waals surface area contributed by atoms with Gasteiger partial charge in [0.15, 0.2) is 34.7 Å². The summed E-state index contributed by atoms with van der Waals surface area (Å²) in [4.78, 5) is 68.3. The summed E-state index contributed by atoms with van der Waals surface area (Å²) in [5.41, 5.74) is 4.49. The third-order valence-corrected chi connectivity index (χ3v) is 8.58. The molecule has 0 aromatic heterocycles. The van der Waals surface area contributed by atoms with Crippen LogP contribution in [0.2, 0.25) is 0 Å². The van der Waals surface area contributed by atoms with Crippen LogP contribution in [0.1, 0.15) is 34.0 Å². The van der Waals surface area contributed by atoms with Crippen molar-refractivity contribution in [3.05, 3.63) is 64.7 Å². The van der Waals surface area contributed by atoms with Gasteiger partial charge in [-0.25, -0.2) is 0 Å². The SMILES string of the molecule is CCc1ccc(C=C2c3cccc(O)c3C(=O)C3C(=O)[C@]4(O)C(=O)C(C(N)=O)C(=O)[C@@H](N(C)C)[C@@H]4[C@@H](O)[C@H]23)cc1. The number of carbonyl (C=O) groups excluding carboxylic acids is 5. The maximum Gasteiger partial charge on any atom is 0.235 e. The van der Waals surface area contributed by atoms with E-state index in [-0.39, 0.29) is 11.1 Å². The van der Waals surface area contributed by atoms with E-state index in [1.54, 1.807) is 12.1 Å². The topological polar surface area (TPSA) is 175 Å². The summed E-state index contributed by atoms with van der Waals surface area (Å²) in [5.74, 6) is -13.1. The second-order valence-corrected chi connectivity index (χ2v) is 10.9. The normalized spacial score (nSPS) is 32.6. The van der Waals surface area contributed by atoms with E-state index < -0.39 is 76.2 Å². The van der Waals surface area contributed by atoms with Crippen LogP contribution < -0.4 is 5.73 Å². The predicted octanol–water partition coefficient (Wildman–Crippen LogP) is 0.398. The maximum absolute atomic E-state index is 14.1. The van der Waals surface area contributed by atoms with E-state index in [2.05, 4.69) is 0 Å². The molecule has 3 aliphatic carbocycles. The number of hydrogen-bond donors (Lipinski definition) is 4. The van der Waals surface area contributed by atoms with Gasteiger partial charge in [-0.3, -0.25) is 28.9 Å². The number of Topliss-reactive ketones (excluding diaryl/α,β-unsaturated/α-hetero) is 4. The molecular formula is C30H30N2O8. The fourth-order valence-corrected chi connectivity index (χ4v) is 6.70. The number of primary amides is 1. The number of amides is 1. The Morgan fingerprint density at radius 1 is 1.05 bits per heavy atom. The van der Waals surface area contributed by atoms with Crippen molar-refractivity contribution in [1.29, 1.82) is 0 Å². The molecule has 2 fully saturated rings. The van der Waals surface area contributed by atoms with Crippen molar-refractivity contribution >= 4 is 40.7 Å². The lowest BCUT2D eigenvalue weighted by atomic mass is 9.50. The summed E-state index contributed by atoms with van der Waals surface area (Å²) >= 11 is 0. The molecule has 40 heavy (non-hydrogen) atoms. The summed E-state index contributed by atoms with van der Waals surface area (Å²) in [6, 6.07) is 10.4. The maximum atomic E-state index is 14.1. The monoisotopic (exact) mass is 546 g/mol. The number of aryl methyl sites for hydroxylation is 1. The second kappa shape index (κ2) is 9.58. The lowest BCUT2D eigenvalue weighted by Crippen LogP contribution is -2.77. The van der Waals surface area contributed by atoms with Gasteiger partial charge >= 0.3 is 0 Å². The largest absolute Gasteiger partial charge is 0.507 e. The van der Waals surface area contributed by atoms with Crippen LogP contribution in [0.15, 0.2) is 42.5 Å². The first-order chi connectivity index (χ1) is 18.9. The fraction of sp³-hybridized carbons (Fsp3) is 0.367. The summed E-state index contributed by atoms with van der Waals surface area (Å²) < 4.78 is 0. The van der Waals surface area contributed by atoms with Gasteiger partial charge < -0.3 is 21.1 Å². The van der Waals surface area contributed by atoms with Gasteiger partial charge in [0, 0.05) is 5.92 Å². The zero-order chi connectivity index (χ0) is 29.3. The van der Waals surface area contributed by atoms with E-state index in [0.717, 1.165) is 12.0 Å². The number of benzene rings is 2. The number of aliphatic hydroxyl groups is 2. The number of rotatable bonds is 4. The van der Waals surface area contributed by atoms with Crippen LogP contribution in [0.4, 0.5) is 0 Å². The number of aromatic hydroxyl groups is 1. The zero-order valence-corrected chi connectivity index (χ0v) is 22.2. The van der Waals surface area contributed by atoms with Gasteiger partial charge in [0.1, 0.15) is 5.75 Å². The quantitative estimate of drug-likeness (QED) is 0.396. The molecule has 1 amide bonds. The Balaban J connectivity index is 1.78. The molecule has 2 aromatic carbocycles. The average Bonchev–Trinajstić information content (AvgIpc) is 2.90. The molecule has 10 nitrogen and oxygen atoms in total. The highest BCUT2D eigenvalue weighted by Gasteiger charge is 2.72. The highest BCUT2D eigenvalue weighted by molar-refractivity contribution is 6.33. The van der Waals surface area contributed by atoms with Gasteiger partial charge in [-0.1, -0.05) is 49.4 Å². The molecule has 208 valence electrons. The second-order valence-electron chi connectivity index (χ2n) is 10.9. The summed E-state index contributed by atoms with van der Waals surface area (Å²) in [5, 5.41) is 34.3. The molecule has 3 aliphatic rings. The van der Waals surface area contributed by atoms with Crippen molar-refractivity contribution in [2.45, 2.75) is 31.1 Å². The number of aliphatic hydroxyl groups excluding tert-OH is 1. The average molecular weight is 547 g/mol. The lowest BCUT2D eigenvalue weighted by molar-refractivity contribution is -0.192. The minimum absolute atomic E-state index is 0.183. The Bertz CT molecular complexity index is 1490. The Kier molecular flexibility index (Phi) is 6.60. The molecule has 2 aromatic rings. The van der Waals surface area contributed by atoms with Crippen LogP contribution in [-0.4, -0.2) is 81.1 Å². The molecular weight excluding hydrogens is 516 g/mol. The zero-order valence-electron chi connectivity index (χ0n) is 22.2. The third kappa shape index (κ3) is 3.71. The van der Waals surface area contributed by atoms with Crippen molar-refractivity contribution in [3.63, 3.8) is 0 Å². The van der Waals surface area contributed by atoms with Crippen molar-refractivity contribution in [2.24, 2.45) is 29.4 Å². The first kappa shape index (κ1) is 27.6. The molecule has 0 spiro atoms. The lowest BCUT2D eigenvalue weighted by Gasteiger charge is -2.55. The Morgan fingerprint density at radius 2 is 1.70 bits per heavy atom. The first-order valence-electron chi connectivity index (χ1n) is 13.0. The Hall–Kier alpha value is -3.99. The van der Waals surface area contributed by atoms with Gasteiger partial charge in [0.05, 0.1) is 29.5 Å². The van der Waals surface area contributed by atoms with Crippen LogP contribution in [0.25, 0.3) is 11.6 Å². The number of phenols is 1. The van der Waals surface area contributed by atoms with Gasteiger partial charge in [0.25, 0.3) is 0 Å².